The van der Waals surface area contributed by atoms with E-state index in [0.717, 1.165) is 24.3 Å². The Morgan fingerprint density at radius 3 is 2.32 bits per heavy atom. The summed E-state index contributed by atoms with van der Waals surface area (Å²) in [5.41, 5.74) is 2.59. The van der Waals surface area contributed by atoms with Gasteiger partial charge in [0.25, 0.3) is 5.91 Å². The Morgan fingerprint density at radius 1 is 0.935 bits per heavy atom. The van der Waals surface area contributed by atoms with E-state index in [0.29, 0.717) is 31.7 Å². The second-order valence-electron chi connectivity index (χ2n) is 8.03. The third kappa shape index (κ3) is 4.55. The second kappa shape index (κ2) is 9.20. The second-order valence-corrected chi connectivity index (χ2v) is 8.03. The zero-order valence-corrected chi connectivity index (χ0v) is 17.8. The van der Waals surface area contributed by atoms with Crippen LogP contribution in [0.2, 0.25) is 0 Å². The van der Waals surface area contributed by atoms with Crippen LogP contribution in [-0.2, 0) is 9.59 Å². The molecule has 1 N–H and O–H groups in total. The normalized spacial score (nSPS) is 19.2. The lowest BCUT2D eigenvalue weighted by Gasteiger charge is -2.39. The maximum Gasteiger partial charge on any atom is 0.254 e. The van der Waals surface area contributed by atoms with Gasteiger partial charge in [-0.05, 0) is 30.7 Å². The Hall–Kier alpha value is -3.35. The van der Waals surface area contributed by atoms with E-state index in [1.54, 1.807) is 15.9 Å². The quantitative estimate of drug-likeness (QED) is 0.817. The van der Waals surface area contributed by atoms with E-state index in [1.807, 2.05) is 43.3 Å². The molecule has 2 saturated heterocycles. The lowest BCUT2D eigenvalue weighted by atomic mass is 10.0. The van der Waals surface area contributed by atoms with Crippen LogP contribution in [0, 0.1) is 6.92 Å². The average molecular weight is 421 g/mol. The molecule has 2 aromatic carbocycles. The van der Waals surface area contributed by atoms with Gasteiger partial charge in [-0.25, -0.2) is 0 Å². The van der Waals surface area contributed by atoms with Gasteiger partial charge in [0.15, 0.2) is 0 Å². The summed E-state index contributed by atoms with van der Waals surface area (Å²) in [6.45, 7) is 5.39. The summed E-state index contributed by atoms with van der Waals surface area (Å²) >= 11 is 0. The lowest BCUT2D eigenvalue weighted by molar-refractivity contribution is -0.138. The number of hydrogen-bond acceptors (Lipinski definition) is 4. The Labute approximate surface area is 182 Å². The number of anilines is 1. The molecule has 7 nitrogen and oxygen atoms in total. The smallest absolute Gasteiger partial charge is 0.254 e. The maximum absolute atomic E-state index is 13.1. The molecule has 31 heavy (non-hydrogen) atoms. The van der Waals surface area contributed by atoms with Gasteiger partial charge in [-0.3, -0.25) is 14.4 Å². The highest BCUT2D eigenvalue weighted by molar-refractivity contribution is 6.00. The Balaban J connectivity index is 1.41. The number of rotatable bonds is 4. The van der Waals surface area contributed by atoms with Crippen LogP contribution >= 0.6 is 0 Å². The highest BCUT2D eigenvalue weighted by Crippen LogP contribution is 2.19. The SMILES string of the molecule is Cc1ccccc1C(=O)N1CCNC(=O)[C@@H]1CC(=O)N1CCN(c2ccccc2)CC1. The predicted molar refractivity (Wildman–Crippen MR) is 119 cm³/mol. The molecule has 2 aromatic rings. The fraction of sp³-hybridized carbons (Fsp3) is 0.375. The molecule has 2 aliphatic heterocycles. The molecule has 0 bridgehead atoms. The van der Waals surface area contributed by atoms with Gasteiger partial charge in [0.2, 0.25) is 11.8 Å². The van der Waals surface area contributed by atoms with Crippen LogP contribution in [0.15, 0.2) is 54.6 Å². The number of carbonyl (C=O) groups excluding carboxylic acids is 3. The molecule has 2 heterocycles. The molecule has 3 amide bonds. The Bertz CT molecular complexity index is 954. The summed E-state index contributed by atoms with van der Waals surface area (Å²) in [6.07, 6.45) is 0.00872. The minimum Gasteiger partial charge on any atom is -0.368 e. The van der Waals surface area contributed by atoms with Crippen LogP contribution in [0.4, 0.5) is 5.69 Å². The van der Waals surface area contributed by atoms with E-state index in [4.69, 9.17) is 0 Å². The summed E-state index contributed by atoms with van der Waals surface area (Å²) in [7, 11) is 0. The van der Waals surface area contributed by atoms with Gasteiger partial charge in [0, 0.05) is 50.5 Å². The fourth-order valence-electron chi connectivity index (χ4n) is 4.28. The summed E-state index contributed by atoms with van der Waals surface area (Å²) in [6, 6.07) is 16.7. The van der Waals surface area contributed by atoms with Crippen LogP contribution < -0.4 is 10.2 Å². The van der Waals surface area contributed by atoms with Gasteiger partial charge >= 0.3 is 0 Å². The maximum atomic E-state index is 13.1. The summed E-state index contributed by atoms with van der Waals surface area (Å²) in [5.74, 6) is -0.540. The van der Waals surface area contributed by atoms with Crippen molar-refractivity contribution < 1.29 is 14.4 Å². The molecular formula is C24H28N4O3. The van der Waals surface area contributed by atoms with Crippen molar-refractivity contribution in [1.82, 2.24) is 15.1 Å². The van der Waals surface area contributed by atoms with Crippen LogP contribution in [0.1, 0.15) is 22.3 Å². The topological polar surface area (TPSA) is 73.0 Å². The van der Waals surface area contributed by atoms with E-state index in [2.05, 4.69) is 22.3 Å². The van der Waals surface area contributed by atoms with Crippen molar-refractivity contribution >= 4 is 23.4 Å². The van der Waals surface area contributed by atoms with Crippen molar-refractivity contribution in [3.05, 3.63) is 65.7 Å². The van der Waals surface area contributed by atoms with Crippen LogP contribution in [0.25, 0.3) is 0 Å². The highest BCUT2D eigenvalue weighted by Gasteiger charge is 2.36. The third-order valence-corrected chi connectivity index (χ3v) is 6.09. The lowest BCUT2D eigenvalue weighted by Crippen LogP contribution is -2.59. The zero-order chi connectivity index (χ0) is 21.8. The molecule has 0 aliphatic carbocycles. The molecule has 7 heteroatoms. The molecule has 2 aliphatic rings. The number of para-hydroxylation sites is 1. The molecule has 0 spiro atoms. The first-order valence-corrected chi connectivity index (χ1v) is 10.8. The Morgan fingerprint density at radius 2 is 1.61 bits per heavy atom. The molecule has 162 valence electrons. The molecule has 4 rings (SSSR count). The van der Waals surface area contributed by atoms with Crippen molar-refractivity contribution in [2.24, 2.45) is 0 Å². The molecule has 0 radical (unpaired) electrons. The number of hydrogen-bond donors (Lipinski definition) is 1. The number of amides is 3. The standard InChI is InChI=1S/C24H28N4O3/c1-18-7-5-6-10-20(18)24(31)28-12-11-25-23(30)21(28)17-22(29)27-15-13-26(14-16-27)19-8-3-2-4-9-19/h2-10,21H,11-17H2,1H3,(H,25,30)/t21-/m0/s1. The van der Waals surface area contributed by atoms with Crippen LogP contribution in [0.3, 0.4) is 0 Å². The van der Waals surface area contributed by atoms with Gasteiger partial charge in [-0.15, -0.1) is 0 Å². The zero-order valence-electron chi connectivity index (χ0n) is 17.8. The summed E-state index contributed by atoms with van der Waals surface area (Å²) < 4.78 is 0. The first-order valence-electron chi connectivity index (χ1n) is 10.8. The number of carbonyl (C=O) groups is 3. The van der Waals surface area contributed by atoms with E-state index in [1.165, 1.54) is 0 Å². The van der Waals surface area contributed by atoms with Gasteiger partial charge in [0.1, 0.15) is 6.04 Å². The minimum atomic E-state index is -0.777. The molecule has 0 aromatic heterocycles. The number of benzene rings is 2. The average Bonchev–Trinajstić information content (AvgIpc) is 2.81. The van der Waals surface area contributed by atoms with Crippen molar-refractivity contribution in [1.29, 1.82) is 0 Å². The molecule has 0 saturated carbocycles. The molecule has 0 unspecified atom stereocenters. The van der Waals surface area contributed by atoms with Gasteiger partial charge in [-0.2, -0.15) is 0 Å². The highest BCUT2D eigenvalue weighted by atomic mass is 16.2. The van der Waals surface area contributed by atoms with E-state index < -0.39 is 6.04 Å². The Kier molecular flexibility index (Phi) is 6.21. The number of piperazine rings is 2. The largest absolute Gasteiger partial charge is 0.368 e. The van der Waals surface area contributed by atoms with Crippen molar-refractivity contribution in [3.63, 3.8) is 0 Å². The van der Waals surface area contributed by atoms with E-state index in [-0.39, 0.29) is 24.1 Å². The van der Waals surface area contributed by atoms with Gasteiger partial charge < -0.3 is 20.0 Å². The molecule has 1 atom stereocenters. The monoisotopic (exact) mass is 420 g/mol. The number of nitrogens with one attached hydrogen (secondary N) is 1. The van der Waals surface area contributed by atoms with Crippen molar-refractivity contribution in [2.45, 2.75) is 19.4 Å². The van der Waals surface area contributed by atoms with Gasteiger partial charge in [-0.1, -0.05) is 36.4 Å². The van der Waals surface area contributed by atoms with Crippen molar-refractivity contribution in [3.8, 4) is 0 Å². The fourth-order valence-corrected chi connectivity index (χ4v) is 4.28. The number of aryl methyl sites for hydroxylation is 1. The first-order chi connectivity index (χ1) is 15.0. The molecular weight excluding hydrogens is 392 g/mol. The number of nitrogens with zero attached hydrogens (tertiary/aromatic N) is 3. The van der Waals surface area contributed by atoms with E-state index >= 15 is 0 Å². The predicted octanol–water partition coefficient (Wildman–Crippen LogP) is 1.67. The minimum absolute atomic E-state index is 0.00872. The summed E-state index contributed by atoms with van der Waals surface area (Å²) in [4.78, 5) is 44.4. The van der Waals surface area contributed by atoms with Gasteiger partial charge in [0.05, 0.1) is 6.42 Å². The van der Waals surface area contributed by atoms with Crippen LogP contribution in [0.5, 0.6) is 0 Å². The summed E-state index contributed by atoms with van der Waals surface area (Å²) in [5, 5.41) is 2.81. The first kappa shape index (κ1) is 20.9. The van der Waals surface area contributed by atoms with Crippen LogP contribution in [-0.4, -0.2) is 72.8 Å². The third-order valence-electron chi connectivity index (χ3n) is 6.09. The van der Waals surface area contributed by atoms with Crippen molar-refractivity contribution in [2.75, 3.05) is 44.2 Å². The van der Waals surface area contributed by atoms with E-state index in [9.17, 15) is 14.4 Å². The molecule has 2 fully saturated rings.